The van der Waals surface area contributed by atoms with Gasteiger partial charge in [-0.15, -0.1) is 0 Å². The van der Waals surface area contributed by atoms with E-state index in [1.165, 1.54) is 18.2 Å². The van der Waals surface area contributed by atoms with Gasteiger partial charge in [0.1, 0.15) is 5.82 Å². The summed E-state index contributed by atoms with van der Waals surface area (Å²) in [6.45, 7) is 3.55. The first-order valence-corrected chi connectivity index (χ1v) is 10.1. The molecular formula is C19H21FN2O3S. The maximum absolute atomic E-state index is 13.2. The maximum Gasteiger partial charge on any atom is 0.233 e. The predicted octanol–water partition coefficient (Wildman–Crippen LogP) is 3.18. The Kier molecular flexibility index (Phi) is 5.00. The average molecular weight is 376 g/mol. The summed E-state index contributed by atoms with van der Waals surface area (Å²) >= 11 is 0. The molecule has 5 nitrogen and oxygen atoms in total. The van der Waals surface area contributed by atoms with Crippen LogP contribution in [0.4, 0.5) is 15.8 Å². The fraction of sp³-hybridized carbons (Fsp3) is 0.316. The number of benzene rings is 2. The number of nitrogens with one attached hydrogen (secondary N) is 1. The molecule has 138 valence electrons. The lowest BCUT2D eigenvalue weighted by atomic mass is 10.1. The van der Waals surface area contributed by atoms with Gasteiger partial charge in [0.25, 0.3) is 0 Å². The van der Waals surface area contributed by atoms with Crippen molar-refractivity contribution in [2.45, 2.75) is 26.3 Å². The molecule has 2 aromatic rings. The van der Waals surface area contributed by atoms with Crippen LogP contribution in [0.2, 0.25) is 0 Å². The number of rotatable bonds is 5. The second kappa shape index (κ2) is 7.07. The summed E-state index contributed by atoms with van der Waals surface area (Å²) < 4.78 is 40.3. The highest BCUT2D eigenvalue weighted by molar-refractivity contribution is 7.92. The van der Waals surface area contributed by atoms with Gasteiger partial charge in [-0.1, -0.05) is 31.2 Å². The number of para-hydroxylation sites is 1. The molecule has 26 heavy (non-hydrogen) atoms. The molecule has 0 spiro atoms. The third-order valence-electron chi connectivity index (χ3n) is 4.43. The van der Waals surface area contributed by atoms with Gasteiger partial charge in [0, 0.05) is 11.7 Å². The Morgan fingerprint density at radius 3 is 2.73 bits per heavy atom. The third kappa shape index (κ3) is 3.88. The highest BCUT2D eigenvalue weighted by Gasteiger charge is 2.34. The van der Waals surface area contributed by atoms with Crippen molar-refractivity contribution in [1.82, 2.24) is 0 Å². The van der Waals surface area contributed by atoms with Crippen LogP contribution in [0.25, 0.3) is 0 Å². The van der Waals surface area contributed by atoms with E-state index in [1.807, 2.05) is 31.2 Å². The van der Waals surface area contributed by atoms with E-state index >= 15 is 0 Å². The molecule has 0 bridgehead atoms. The second-order valence-corrected chi connectivity index (χ2v) is 8.45. The van der Waals surface area contributed by atoms with E-state index in [1.54, 1.807) is 11.8 Å². The lowest BCUT2D eigenvalue weighted by Crippen LogP contribution is -2.41. The number of halogens is 1. The summed E-state index contributed by atoms with van der Waals surface area (Å²) in [6, 6.07) is 12.9. The minimum Gasteiger partial charge on any atom is -0.309 e. The topological polar surface area (TPSA) is 66.5 Å². The molecule has 2 aromatic carbocycles. The standard InChI is InChI=1S/C19H21FN2O3S/c1-13(12-26(24,25)21-17-8-5-7-16(20)11-17)19(23)22-14(2)10-15-6-3-4-9-18(15)22/h3-9,11,13-14,21H,10,12H2,1-2H3. The Morgan fingerprint density at radius 2 is 2.00 bits per heavy atom. The minimum absolute atomic E-state index is 0.0127. The predicted molar refractivity (Wildman–Crippen MR) is 100 cm³/mol. The quantitative estimate of drug-likeness (QED) is 0.872. The molecule has 0 saturated heterocycles. The van der Waals surface area contributed by atoms with Crippen LogP contribution in [0.3, 0.4) is 0 Å². The van der Waals surface area contributed by atoms with Gasteiger partial charge >= 0.3 is 0 Å². The summed E-state index contributed by atoms with van der Waals surface area (Å²) in [4.78, 5) is 14.6. The zero-order valence-electron chi connectivity index (χ0n) is 14.6. The van der Waals surface area contributed by atoms with E-state index in [9.17, 15) is 17.6 Å². The molecular weight excluding hydrogens is 355 g/mol. The van der Waals surface area contributed by atoms with Crippen LogP contribution in [-0.4, -0.2) is 26.1 Å². The Morgan fingerprint density at radius 1 is 1.27 bits per heavy atom. The zero-order chi connectivity index (χ0) is 18.9. The number of nitrogens with zero attached hydrogens (tertiary/aromatic N) is 1. The van der Waals surface area contributed by atoms with E-state index in [4.69, 9.17) is 0 Å². The summed E-state index contributed by atoms with van der Waals surface area (Å²) in [5.41, 5.74) is 2.07. The smallest absolute Gasteiger partial charge is 0.233 e. The molecule has 1 amide bonds. The van der Waals surface area contributed by atoms with E-state index in [-0.39, 0.29) is 23.4 Å². The van der Waals surface area contributed by atoms with Gasteiger partial charge < -0.3 is 4.90 Å². The summed E-state index contributed by atoms with van der Waals surface area (Å²) in [7, 11) is -3.78. The molecule has 3 rings (SSSR count). The molecule has 1 aliphatic rings. The van der Waals surface area contributed by atoms with Crippen LogP contribution in [0.1, 0.15) is 19.4 Å². The number of sulfonamides is 1. The molecule has 2 atom stereocenters. The molecule has 1 heterocycles. The van der Waals surface area contributed by atoms with Crippen molar-refractivity contribution in [2.24, 2.45) is 5.92 Å². The summed E-state index contributed by atoms with van der Waals surface area (Å²) in [5.74, 6) is -1.85. The van der Waals surface area contributed by atoms with Crippen LogP contribution < -0.4 is 9.62 Å². The maximum atomic E-state index is 13.2. The van der Waals surface area contributed by atoms with Crippen molar-refractivity contribution in [2.75, 3.05) is 15.4 Å². The van der Waals surface area contributed by atoms with E-state index < -0.39 is 21.8 Å². The SMILES string of the molecule is CC(CS(=O)(=O)Nc1cccc(F)c1)C(=O)N1c2ccccc2CC1C. The Balaban J connectivity index is 1.73. The van der Waals surface area contributed by atoms with E-state index in [0.717, 1.165) is 23.7 Å². The number of carbonyl (C=O) groups is 1. The first kappa shape index (κ1) is 18.4. The van der Waals surface area contributed by atoms with Crippen molar-refractivity contribution in [1.29, 1.82) is 0 Å². The highest BCUT2D eigenvalue weighted by Crippen LogP contribution is 2.33. The highest BCUT2D eigenvalue weighted by atomic mass is 32.2. The lowest BCUT2D eigenvalue weighted by molar-refractivity contribution is -0.121. The number of carbonyl (C=O) groups excluding carboxylic acids is 1. The van der Waals surface area contributed by atoms with Gasteiger partial charge in [0.2, 0.25) is 15.9 Å². The van der Waals surface area contributed by atoms with Crippen molar-refractivity contribution in [3.05, 3.63) is 59.9 Å². The van der Waals surface area contributed by atoms with Crippen LogP contribution in [0, 0.1) is 11.7 Å². The van der Waals surface area contributed by atoms with Gasteiger partial charge in [-0.3, -0.25) is 9.52 Å². The molecule has 0 fully saturated rings. The molecule has 1 N–H and O–H groups in total. The lowest BCUT2D eigenvalue weighted by Gasteiger charge is -2.26. The fourth-order valence-corrected chi connectivity index (χ4v) is 4.68. The largest absolute Gasteiger partial charge is 0.309 e. The van der Waals surface area contributed by atoms with Crippen LogP contribution >= 0.6 is 0 Å². The first-order valence-electron chi connectivity index (χ1n) is 8.44. The monoisotopic (exact) mass is 376 g/mol. The molecule has 7 heteroatoms. The number of amides is 1. The number of anilines is 2. The van der Waals surface area contributed by atoms with Gasteiger partial charge in [0.15, 0.2) is 0 Å². The summed E-state index contributed by atoms with van der Waals surface area (Å²) in [5, 5.41) is 0. The van der Waals surface area contributed by atoms with Crippen LogP contribution in [0.15, 0.2) is 48.5 Å². The van der Waals surface area contributed by atoms with Crippen molar-refractivity contribution >= 4 is 27.3 Å². The van der Waals surface area contributed by atoms with Crippen LogP contribution in [-0.2, 0) is 21.2 Å². The molecule has 2 unspecified atom stereocenters. The van der Waals surface area contributed by atoms with Crippen molar-refractivity contribution in [3.8, 4) is 0 Å². The van der Waals surface area contributed by atoms with E-state index in [0.29, 0.717) is 0 Å². The van der Waals surface area contributed by atoms with Gasteiger partial charge in [0.05, 0.1) is 17.4 Å². The molecule has 0 aromatic heterocycles. The molecule has 1 aliphatic heterocycles. The van der Waals surface area contributed by atoms with Crippen molar-refractivity contribution in [3.63, 3.8) is 0 Å². The minimum atomic E-state index is -3.78. The fourth-order valence-electron chi connectivity index (χ4n) is 3.31. The molecule has 0 aliphatic carbocycles. The molecule has 0 radical (unpaired) electrons. The first-order chi connectivity index (χ1) is 12.3. The Hall–Kier alpha value is -2.41. The second-order valence-electron chi connectivity index (χ2n) is 6.68. The zero-order valence-corrected chi connectivity index (χ0v) is 15.5. The van der Waals surface area contributed by atoms with Gasteiger partial charge in [-0.25, -0.2) is 12.8 Å². The number of hydrogen-bond donors (Lipinski definition) is 1. The normalized spacial score (nSPS) is 17.7. The summed E-state index contributed by atoms with van der Waals surface area (Å²) in [6.07, 6.45) is 0.753. The van der Waals surface area contributed by atoms with Gasteiger partial charge in [-0.2, -0.15) is 0 Å². The average Bonchev–Trinajstić information content (AvgIpc) is 2.88. The third-order valence-corrected chi connectivity index (χ3v) is 5.92. The van der Waals surface area contributed by atoms with Gasteiger partial charge in [-0.05, 0) is 43.2 Å². The number of hydrogen-bond acceptors (Lipinski definition) is 3. The Bertz CT molecular complexity index is 930. The van der Waals surface area contributed by atoms with Crippen molar-refractivity contribution < 1.29 is 17.6 Å². The van der Waals surface area contributed by atoms with Crippen LogP contribution in [0.5, 0.6) is 0 Å². The van der Waals surface area contributed by atoms with E-state index in [2.05, 4.69) is 4.72 Å². The number of fused-ring (bicyclic) bond motifs is 1. The molecule has 0 saturated carbocycles. The Labute approximate surface area is 152 Å².